The molecule has 4 heterocycles. The Kier molecular flexibility index (Phi) is 10.8. The molecule has 6 rings (SSSR count). The van der Waals surface area contributed by atoms with Crippen LogP contribution in [-0.4, -0.2) is 125 Å². The SMILES string of the molecule is CC(C)(C)OC(=O)CC[C@@H](CO)NC(=O)[C@H]1CCCN1C(=O)[C@@]12C[C@H]3OC(=O)[C@@H]1N(Cc1cccc(C=COCCO)c1)O[C@@H]2[C@H]1OCO[C@H]13. The van der Waals surface area contributed by atoms with Crippen LogP contribution in [0.1, 0.15) is 64.0 Å². The van der Waals surface area contributed by atoms with Crippen molar-refractivity contribution in [2.75, 3.05) is 33.2 Å². The van der Waals surface area contributed by atoms with E-state index in [1.54, 1.807) is 26.8 Å². The first kappa shape index (κ1) is 36.2. The Hall–Kier alpha value is -3.60. The number of carbonyl (C=O) groups excluding carboxylic acids is 4. The lowest BCUT2D eigenvalue weighted by molar-refractivity contribution is -0.204. The van der Waals surface area contributed by atoms with Crippen LogP contribution >= 0.6 is 0 Å². The lowest BCUT2D eigenvalue weighted by Gasteiger charge is -2.50. The molecule has 2 amide bonds. The van der Waals surface area contributed by atoms with Crippen LogP contribution < -0.4 is 5.32 Å². The molecule has 0 unspecified atom stereocenters. The average Bonchev–Trinajstić information content (AvgIpc) is 3.83. The average molecular weight is 702 g/mol. The molecule has 50 heavy (non-hydrogen) atoms. The van der Waals surface area contributed by atoms with Gasteiger partial charge in [-0.25, -0.2) is 0 Å². The van der Waals surface area contributed by atoms with Gasteiger partial charge in [-0.1, -0.05) is 24.3 Å². The highest BCUT2D eigenvalue weighted by molar-refractivity contribution is 5.96. The maximum atomic E-state index is 15.0. The summed E-state index contributed by atoms with van der Waals surface area (Å²) in [5, 5.41) is 23.3. The van der Waals surface area contributed by atoms with E-state index in [0.717, 1.165) is 11.1 Å². The molecule has 2 bridgehead atoms. The third-order valence-electron chi connectivity index (χ3n) is 9.83. The molecule has 5 aliphatic rings. The van der Waals surface area contributed by atoms with E-state index < -0.39 is 83.9 Å². The molecule has 0 spiro atoms. The van der Waals surface area contributed by atoms with Gasteiger partial charge in [-0.15, -0.1) is 0 Å². The van der Waals surface area contributed by atoms with Gasteiger partial charge in [0, 0.05) is 19.4 Å². The summed E-state index contributed by atoms with van der Waals surface area (Å²) in [6.45, 7) is 5.36. The van der Waals surface area contributed by atoms with E-state index in [2.05, 4.69) is 5.32 Å². The number of carbonyl (C=O) groups is 4. The molecule has 5 fully saturated rings. The number of likely N-dealkylation sites (tertiary alicyclic amines) is 1. The van der Waals surface area contributed by atoms with Crippen molar-refractivity contribution in [2.45, 2.75) is 108 Å². The topological polar surface area (TPSA) is 183 Å². The van der Waals surface area contributed by atoms with Gasteiger partial charge in [0.15, 0.2) is 6.04 Å². The summed E-state index contributed by atoms with van der Waals surface area (Å²) < 4.78 is 28.3. The first-order chi connectivity index (χ1) is 23.9. The maximum Gasteiger partial charge on any atom is 0.327 e. The molecule has 4 saturated heterocycles. The number of rotatable bonds is 13. The van der Waals surface area contributed by atoms with Gasteiger partial charge in [0.2, 0.25) is 11.8 Å². The zero-order chi connectivity index (χ0) is 35.6. The Morgan fingerprint density at radius 1 is 1.18 bits per heavy atom. The lowest BCUT2D eigenvalue weighted by Crippen LogP contribution is -2.70. The number of fused-ring (bicyclic) bond motifs is 4. The van der Waals surface area contributed by atoms with Crippen LogP contribution in [-0.2, 0) is 54.2 Å². The third kappa shape index (κ3) is 7.25. The molecule has 3 N–H and O–H groups in total. The largest absolute Gasteiger partial charge is 0.499 e. The molecule has 1 aromatic rings. The molecule has 15 nitrogen and oxygen atoms in total. The maximum absolute atomic E-state index is 15.0. The smallest absolute Gasteiger partial charge is 0.327 e. The third-order valence-corrected chi connectivity index (χ3v) is 9.83. The summed E-state index contributed by atoms with van der Waals surface area (Å²) >= 11 is 0. The molecular formula is C35H47N3O12. The number of amides is 2. The number of benzene rings is 1. The van der Waals surface area contributed by atoms with Crippen LogP contribution in [0, 0.1) is 5.41 Å². The van der Waals surface area contributed by atoms with Crippen LogP contribution in [0.3, 0.4) is 0 Å². The Morgan fingerprint density at radius 2 is 1.98 bits per heavy atom. The molecule has 4 aliphatic heterocycles. The van der Waals surface area contributed by atoms with E-state index in [-0.39, 0.29) is 52.4 Å². The number of aliphatic hydroxyl groups is 2. The fourth-order valence-electron chi connectivity index (χ4n) is 7.78. The second-order valence-electron chi connectivity index (χ2n) is 14.4. The van der Waals surface area contributed by atoms with Crippen LogP contribution in [0.2, 0.25) is 0 Å². The second-order valence-corrected chi connectivity index (χ2v) is 14.4. The van der Waals surface area contributed by atoms with Crippen molar-refractivity contribution < 1.29 is 57.9 Å². The highest BCUT2D eigenvalue weighted by atomic mass is 16.8. The zero-order valence-corrected chi connectivity index (χ0v) is 28.7. The van der Waals surface area contributed by atoms with Crippen molar-refractivity contribution in [1.29, 1.82) is 0 Å². The summed E-state index contributed by atoms with van der Waals surface area (Å²) in [6.07, 6.45) is 1.59. The zero-order valence-electron chi connectivity index (χ0n) is 28.7. The minimum Gasteiger partial charge on any atom is -0.499 e. The van der Waals surface area contributed by atoms with Crippen LogP contribution in [0.5, 0.6) is 0 Å². The Morgan fingerprint density at radius 3 is 2.74 bits per heavy atom. The van der Waals surface area contributed by atoms with E-state index >= 15 is 0 Å². The normalized spacial score (nSPS) is 31.0. The van der Waals surface area contributed by atoms with E-state index in [9.17, 15) is 24.3 Å². The van der Waals surface area contributed by atoms with Crippen molar-refractivity contribution in [1.82, 2.24) is 15.3 Å². The van der Waals surface area contributed by atoms with Gasteiger partial charge in [-0.2, -0.15) is 5.06 Å². The minimum atomic E-state index is -1.42. The second kappa shape index (κ2) is 14.9. The van der Waals surface area contributed by atoms with Crippen LogP contribution in [0.15, 0.2) is 30.5 Å². The van der Waals surface area contributed by atoms with E-state index in [1.165, 1.54) is 16.2 Å². The number of ether oxygens (including phenoxy) is 5. The number of aliphatic hydroxyl groups excluding tert-OH is 2. The highest BCUT2D eigenvalue weighted by Gasteiger charge is 2.75. The van der Waals surface area contributed by atoms with Gasteiger partial charge in [0.25, 0.3) is 0 Å². The van der Waals surface area contributed by atoms with Crippen molar-refractivity contribution in [3.63, 3.8) is 0 Å². The van der Waals surface area contributed by atoms with Crippen LogP contribution in [0.25, 0.3) is 6.08 Å². The predicted molar refractivity (Wildman–Crippen MR) is 173 cm³/mol. The first-order valence-corrected chi connectivity index (χ1v) is 17.2. The van der Waals surface area contributed by atoms with Crippen LogP contribution in [0.4, 0.5) is 0 Å². The molecule has 0 radical (unpaired) electrons. The molecule has 1 aromatic carbocycles. The Labute approximate surface area is 290 Å². The predicted octanol–water partition coefficient (Wildman–Crippen LogP) is 0.798. The minimum absolute atomic E-state index is 0.000542. The highest BCUT2D eigenvalue weighted by Crippen LogP contribution is 2.56. The standard InChI is InChI=1S/C35H47N3O12/c1-34(2,3)49-26(41)10-9-23(19-40)36-31(42)24-8-5-12-37(24)33(44)35-17-25-27-28(47-20-46-27)30(35)50-38(29(35)32(43)48-25)18-22-7-4-6-21(16-22)11-14-45-15-13-39/h4,6-7,11,14,16,23-25,27-30,39-40H,5,8-10,12-13,15,17-20H2,1-3H3,(H,36,42)/t23-,24+,25+,27-,28-,29-,30+,35-/m0/s1. The first-order valence-electron chi connectivity index (χ1n) is 17.2. The fourth-order valence-corrected chi connectivity index (χ4v) is 7.78. The van der Waals surface area contributed by atoms with Crippen molar-refractivity contribution >= 4 is 29.8 Å². The molecule has 0 aromatic heterocycles. The summed E-state index contributed by atoms with van der Waals surface area (Å²) in [5.41, 5.74) is -0.458. The van der Waals surface area contributed by atoms with Gasteiger partial charge in [0.1, 0.15) is 54.9 Å². The Balaban J connectivity index is 1.22. The summed E-state index contributed by atoms with van der Waals surface area (Å²) in [5.74, 6) is -1.89. The number of nitrogens with zero attached hydrogens (tertiary/aromatic N) is 2. The summed E-state index contributed by atoms with van der Waals surface area (Å²) in [6, 6.07) is 4.81. The summed E-state index contributed by atoms with van der Waals surface area (Å²) in [7, 11) is 0. The lowest BCUT2D eigenvalue weighted by atomic mass is 9.62. The van der Waals surface area contributed by atoms with Gasteiger partial charge in [-0.05, 0) is 57.2 Å². The van der Waals surface area contributed by atoms with Gasteiger partial charge < -0.3 is 44.1 Å². The molecule has 8 atom stereocenters. The quantitative estimate of drug-likeness (QED) is 0.149. The molecular weight excluding hydrogens is 654 g/mol. The van der Waals surface area contributed by atoms with Gasteiger partial charge >= 0.3 is 11.9 Å². The number of hydrogen-bond acceptors (Lipinski definition) is 13. The van der Waals surface area contributed by atoms with E-state index in [1.807, 2.05) is 24.3 Å². The monoisotopic (exact) mass is 701 g/mol. The molecule has 15 heteroatoms. The Bertz CT molecular complexity index is 1460. The van der Waals surface area contributed by atoms with Gasteiger partial charge in [-0.3, -0.25) is 24.0 Å². The number of nitrogens with one attached hydrogen (secondary N) is 1. The van der Waals surface area contributed by atoms with Gasteiger partial charge in [0.05, 0.1) is 32.1 Å². The number of hydrogen-bond donors (Lipinski definition) is 3. The summed E-state index contributed by atoms with van der Waals surface area (Å²) in [4.78, 5) is 62.8. The molecule has 1 saturated carbocycles. The molecule has 1 aliphatic carbocycles. The van der Waals surface area contributed by atoms with E-state index in [0.29, 0.717) is 12.8 Å². The molecule has 274 valence electrons. The fraction of sp³-hybridized carbons (Fsp3) is 0.657. The number of hydroxylamine groups is 2. The van der Waals surface area contributed by atoms with E-state index in [4.69, 9.17) is 33.6 Å². The van der Waals surface area contributed by atoms with Crippen molar-refractivity contribution in [2.24, 2.45) is 5.41 Å². The van der Waals surface area contributed by atoms with Crippen molar-refractivity contribution in [3.05, 3.63) is 41.7 Å². The number of esters is 2. The van der Waals surface area contributed by atoms with Crippen molar-refractivity contribution in [3.8, 4) is 0 Å².